The number of fused-ring (bicyclic) bond motifs is 3. The molecule has 3 heterocycles. The van der Waals surface area contributed by atoms with Crippen molar-refractivity contribution in [3.63, 3.8) is 0 Å². The second-order valence-electron chi connectivity index (χ2n) is 15.3. The molecule has 55 heavy (non-hydrogen) atoms. The summed E-state index contributed by atoms with van der Waals surface area (Å²) in [6.45, 7) is -0.196. The molecule has 0 unspecified atom stereocenters. The molecule has 2 saturated carbocycles. The highest BCUT2D eigenvalue weighted by Gasteiger charge is 2.62. The number of ether oxygens (including phenoxy) is 1. The fraction of sp³-hybridized carbons (Fsp3) is 0.622. The first-order chi connectivity index (χ1) is 26.2. The summed E-state index contributed by atoms with van der Waals surface area (Å²) in [7, 11) is -3.96. The molecule has 6 rings (SSSR count). The first-order valence-electron chi connectivity index (χ1n) is 19.0. The first kappa shape index (κ1) is 40.1. The molecule has 5 amide bonds. The van der Waals surface area contributed by atoms with Crippen LogP contribution in [0.4, 0.5) is 9.18 Å². The molecule has 1 aromatic rings. The number of rotatable bonds is 9. The SMILES string of the molecule is N[C@H](CCC(=O)O)C(=O)N[C@H]1CCCCCCCC=C[C@@H]2C[C@@]2(C(=O)NS(=O)(=O)C2CC2)NC(=O)[C@@H]2C[C@@H](OC(=O)N3Cc4cccc(F)c4C3)CN2C1=O. The molecule has 1 saturated heterocycles. The second-order valence-corrected chi connectivity index (χ2v) is 17.3. The molecular formula is C37H49FN6O10S. The summed E-state index contributed by atoms with van der Waals surface area (Å²) in [5.41, 5.74) is 5.36. The van der Waals surface area contributed by atoms with E-state index >= 15 is 0 Å². The molecule has 0 aromatic heterocycles. The van der Waals surface area contributed by atoms with Crippen LogP contribution in [0, 0.1) is 11.7 Å². The maximum Gasteiger partial charge on any atom is 0.410 e. The monoisotopic (exact) mass is 788 g/mol. The van der Waals surface area contributed by atoms with Crippen LogP contribution in [-0.2, 0) is 51.8 Å². The van der Waals surface area contributed by atoms with Crippen LogP contribution in [0.25, 0.3) is 0 Å². The van der Waals surface area contributed by atoms with E-state index in [1.807, 2.05) is 6.08 Å². The number of carbonyl (C=O) groups excluding carboxylic acids is 5. The van der Waals surface area contributed by atoms with Gasteiger partial charge in [0.1, 0.15) is 29.5 Å². The van der Waals surface area contributed by atoms with Crippen LogP contribution in [0.5, 0.6) is 0 Å². The molecule has 1 aromatic carbocycles. The van der Waals surface area contributed by atoms with Crippen molar-refractivity contribution in [2.24, 2.45) is 11.7 Å². The Morgan fingerprint density at radius 1 is 1.07 bits per heavy atom. The predicted octanol–water partition coefficient (Wildman–Crippen LogP) is 1.71. The van der Waals surface area contributed by atoms with Crippen LogP contribution in [0.3, 0.4) is 0 Å². The summed E-state index contributed by atoms with van der Waals surface area (Å²) in [4.78, 5) is 82.6. The number of carboxylic acids is 1. The van der Waals surface area contributed by atoms with Crippen LogP contribution in [-0.4, -0.2) is 101 Å². The van der Waals surface area contributed by atoms with Gasteiger partial charge in [0.25, 0.3) is 5.91 Å². The zero-order valence-corrected chi connectivity index (χ0v) is 31.4. The number of allylic oxidation sites excluding steroid dienone is 1. The van der Waals surface area contributed by atoms with Crippen LogP contribution >= 0.6 is 0 Å². The van der Waals surface area contributed by atoms with E-state index in [4.69, 9.17) is 15.6 Å². The average Bonchev–Trinajstić information content (AvgIpc) is 4.02. The minimum Gasteiger partial charge on any atom is -0.481 e. The number of nitrogens with two attached hydrogens (primary N) is 1. The van der Waals surface area contributed by atoms with E-state index in [1.165, 1.54) is 15.9 Å². The highest BCUT2D eigenvalue weighted by atomic mass is 32.2. The van der Waals surface area contributed by atoms with Crippen molar-refractivity contribution >= 4 is 45.7 Å². The Morgan fingerprint density at radius 2 is 1.82 bits per heavy atom. The van der Waals surface area contributed by atoms with E-state index in [1.54, 1.807) is 18.2 Å². The van der Waals surface area contributed by atoms with Gasteiger partial charge in [-0.3, -0.25) is 33.6 Å². The van der Waals surface area contributed by atoms with Gasteiger partial charge >= 0.3 is 12.1 Å². The smallest absolute Gasteiger partial charge is 0.410 e. The van der Waals surface area contributed by atoms with Crippen molar-refractivity contribution < 1.29 is 51.4 Å². The molecule has 18 heteroatoms. The van der Waals surface area contributed by atoms with E-state index in [2.05, 4.69) is 15.4 Å². The molecule has 0 spiro atoms. The number of hydrogen-bond acceptors (Lipinski definition) is 10. The Balaban J connectivity index is 1.25. The van der Waals surface area contributed by atoms with Gasteiger partial charge in [-0.2, -0.15) is 0 Å². The Labute approximate surface area is 318 Å². The third kappa shape index (κ3) is 9.45. The van der Waals surface area contributed by atoms with Gasteiger partial charge in [0.2, 0.25) is 27.7 Å². The minimum atomic E-state index is -3.96. The van der Waals surface area contributed by atoms with Gasteiger partial charge in [0.05, 0.1) is 24.4 Å². The largest absolute Gasteiger partial charge is 0.481 e. The van der Waals surface area contributed by atoms with Crippen LogP contribution in [0.15, 0.2) is 30.4 Å². The fourth-order valence-corrected chi connectivity index (χ4v) is 8.98. The summed E-state index contributed by atoms with van der Waals surface area (Å²) in [6, 6.07) is 0.849. The van der Waals surface area contributed by atoms with Gasteiger partial charge in [-0.15, -0.1) is 0 Å². The lowest BCUT2D eigenvalue weighted by Crippen LogP contribution is -2.59. The highest BCUT2D eigenvalue weighted by molar-refractivity contribution is 7.91. The molecule has 5 aliphatic rings. The summed E-state index contributed by atoms with van der Waals surface area (Å²) in [5.74, 6) is -5.17. The molecule has 300 valence electrons. The predicted molar refractivity (Wildman–Crippen MR) is 193 cm³/mol. The van der Waals surface area contributed by atoms with Crippen molar-refractivity contribution in [3.8, 4) is 0 Å². The lowest BCUT2D eigenvalue weighted by atomic mass is 10.0. The Kier molecular flexibility index (Phi) is 12.1. The number of aliphatic carboxylic acids is 1. The molecular weight excluding hydrogens is 740 g/mol. The molecule has 3 aliphatic heterocycles. The van der Waals surface area contributed by atoms with Gasteiger partial charge in [-0.05, 0) is 56.6 Å². The number of amides is 5. The number of hydrogen-bond donors (Lipinski definition) is 5. The van der Waals surface area contributed by atoms with E-state index in [0.29, 0.717) is 36.8 Å². The number of halogens is 1. The third-order valence-electron chi connectivity index (χ3n) is 11.1. The molecule has 0 bridgehead atoms. The normalized spacial score (nSPS) is 27.8. The van der Waals surface area contributed by atoms with Crippen molar-refractivity contribution in [2.45, 2.75) is 132 Å². The van der Waals surface area contributed by atoms with Crippen molar-refractivity contribution in [2.75, 3.05) is 6.54 Å². The van der Waals surface area contributed by atoms with Crippen LogP contribution in [0.2, 0.25) is 0 Å². The van der Waals surface area contributed by atoms with Gasteiger partial charge in [0.15, 0.2) is 0 Å². The van der Waals surface area contributed by atoms with Gasteiger partial charge in [-0.1, -0.05) is 50.0 Å². The standard InChI is InChI=1S/C37H49FN6O10S/c38-27-11-8-9-22-19-43(21-26(22)27)36(51)54-24-17-30-33(48)41-37(35(50)42-55(52,53)25-13-14-25)18-23(37)10-6-4-2-1-3-5-7-12-29(34(49)44(30)20-24)40-32(47)28(39)15-16-31(45)46/h6,8-11,23-25,28-30H,1-5,7,12-21,39H2,(H,40,47)(H,41,48)(H,42,50)(H,45,46)/t23-,24-,28-,29+,30+,37-/m1/s1. The van der Waals surface area contributed by atoms with E-state index in [0.717, 1.165) is 25.7 Å². The zero-order valence-electron chi connectivity index (χ0n) is 30.5. The van der Waals surface area contributed by atoms with E-state index in [9.17, 15) is 41.6 Å². The number of nitrogens with one attached hydrogen (secondary N) is 3. The van der Waals surface area contributed by atoms with Crippen LogP contribution in [0.1, 0.15) is 94.6 Å². The highest BCUT2D eigenvalue weighted by Crippen LogP contribution is 2.46. The van der Waals surface area contributed by atoms with Gasteiger partial charge in [0, 0.05) is 30.9 Å². The number of benzene rings is 1. The van der Waals surface area contributed by atoms with Crippen LogP contribution < -0.4 is 21.1 Å². The summed E-state index contributed by atoms with van der Waals surface area (Å²) >= 11 is 0. The topological polar surface area (TPSA) is 235 Å². The second kappa shape index (κ2) is 16.6. The van der Waals surface area contributed by atoms with Crippen molar-refractivity contribution in [3.05, 3.63) is 47.3 Å². The zero-order chi connectivity index (χ0) is 39.5. The summed E-state index contributed by atoms with van der Waals surface area (Å²) in [5, 5.41) is 13.8. The third-order valence-corrected chi connectivity index (χ3v) is 12.9. The van der Waals surface area contributed by atoms with Gasteiger partial charge in [-0.25, -0.2) is 17.6 Å². The van der Waals surface area contributed by atoms with Crippen molar-refractivity contribution in [1.82, 2.24) is 25.2 Å². The van der Waals surface area contributed by atoms with Crippen molar-refractivity contribution in [1.29, 1.82) is 0 Å². The number of nitrogens with zero attached hydrogens (tertiary/aromatic N) is 2. The lowest BCUT2D eigenvalue weighted by Gasteiger charge is -2.30. The Bertz CT molecular complexity index is 1840. The fourth-order valence-electron chi connectivity index (χ4n) is 7.62. The molecule has 6 N–H and O–H groups in total. The number of carboxylic acid groups (broad SMARTS) is 1. The molecule has 2 aliphatic carbocycles. The molecule has 0 radical (unpaired) electrons. The molecule has 6 atom stereocenters. The van der Waals surface area contributed by atoms with E-state index in [-0.39, 0.29) is 51.7 Å². The number of carbonyl (C=O) groups is 6. The average molecular weight is 789 g/mol. The lowest BCUT2D eigenvalue weighted by molar-refractivity contribution is -0.142. The Hall–Kier alpha value is -4.58. The van der Waals surface area contributed by atoms with E-state index < -0.39 is 92.5 Å². The number of sulfonamides is 1. The summed E-state index contributed by atoms with van der Waals surface area (Å²) in [6.07, 6.45) is 6.87. The minimum absolute atomic E-state index is 0.0351. The maximum atomic E-state index is 14.5. The maximum absolute atomic E-state index is 14.5. The quantitative estimate of drug-likeness (QED) is 0.226. The summed E-state index contributed by atoms with van der Waals surface area (Å²) < 4.78 is 48.0. The first-order valence-corrected chi connectivity index (χ1v) is 20.6. The molecule has 3 fully saturated rings. The Morgan fingerprint density at radius 3 is 2.55 bits per heavy atom. The molecule has 16 nitrogen and oxygen atoms in total. The van der Waals surface area contributed by atoms with Gasteiger partial charge < -0.3 is 31.1 Å².